The minimum absolute atomic E-state index is 0.126. The maximum atomic E-state index is 12.9. The van der Waals surface area contributed by atoms with Gasteiger partial charge in [-0.15, -0.1) is 0 Å². The number of morpholine rings is 1. The molecule has 0 saturated carbocycles. The molecule has 1 saturated heterocycles. The molecule has 1 fully saturated rings. The Morgan fingerprint density at radius 3 is 2.67 bits per heavy atom. The van der Waals surface area contributed by atoms with E-state index >= 15 is 0 Å². The lowest BCUT2D eigenvalue weighted by molar-refractivity contribution is -0.384. The lowest BCUT2D eigenvalue weighted by Crippen LogP contribution is -2.40. The van der Waals surface area contributed by atoms with Gasteiger partial charge in [0, 0.05) is 24.5 Å². The maximum Gasteiger partial charge on any atom is 0.293 e. The number of furan rings is 1. The molecular weight excluding hydrogens is 450 g/mol. The van der Waals surface area contributed by atoms with Gasteiger partial charge in [0.15, 0.2) is 11.3 Å². The summed E-state index contributed by atoms with van der Waals surface area (Å²) in [5, 5.41) is 15.7. The highest BCUT2D eigenvalue weighted by Gasteiger charge is 2.29. The van der Waals surface area contributed by atoms with E-state index in [1.807, 2.05) is 31.2 Å². The van der Waals surface area contributed by atoms with Gasteiger partial charge in [-0.25, -0.2) is 8.42 Å². The van der Waals surface area contributed by atoms with Gasteiger partial charge >= 0.3 is 0 Å². The van der Waals surface area contributed by atoms with Gasteiger partial charge in [0.1, 0.15) is 11.4 Å². The van der Waals surface area contributed by atoms with Gasteiger partial charge in [-0.2, -0.15) is 4.31 Å². The number of hydrogen-bond acceptors (Lipinski definition) is 8. The van der Waals surface area contributed by atoms with E-state index in [4.69, 9.17) is 13.9 Å². The third-order valence-corrected chi connectivity index (χ3v) is 7.29. The SMILES string of the molecule is CCOc1cccc2cc([C@@H](C)Nc3ccc(S(=O)(=O)N4CCOCC4)cc3[N+](=O)[O-])oc12. The predicted octanol–water partition coefficient (Wildman–Crippen LogP) is 3.93. The van der Waals surface area contributed by atoms with Crippen molar-refractivity contribution in [1.82, 2.24) is 4.31 Å². The Morgan fingerprint density at radius 1 is 1.21 bits per heavy atom. The Kier molecular flexibility index (Phi) is 6.54. The highest BCUT2D eigenvalue weighted by atomic mass is 32.2. The van der Waals surface area contributed by atoms with Crippen LogP contribution in [0.3, 0.4) is 0 Å². The molecule has 10 nitrogen and oxygen atoms in total. The lowest BCUT2D eigenvalue weighted by atomic mass is 10.2. The third kappa shape index (κ3) is 4.65. The van der Waals surface area contributed by atoms with Crippen LogP contribution in [-0.4, -0.2) is 50.6 Å². The number of nitrogens with one attached hydrogen (secondary N) is 1. The Hall–Kier alpha value is -3.15. The zero-order valence-electron chi connectivity index (χ0n) is 18.3. The van der Waals surface area contributed by atoms with Crippen molar-refractivity contribution in [2.45, 2.75) is 24.8 Å². The van der Waals surface area contributed by atoms with E-state index in [0.29, 0.717) is 36.9 Å². The largest absolute Gasteiger partial charge is 0.490 e. The van der Waals surface area contributed by atoms with Crippen LogP contribution in [0.15, 0.2) is 51.8 Å². The molecule has 4 rings (SSSR count). The van der Waals surface area contributed by atoms with Crippen molar-refractivity contribution in [2.24, 2.45) is 0 Å². The number of para-hydroxylation sites is 1. The van der Waals surface area contributed by atoms with Gasteiger partial charge in [0.05, 0.1) is 35.7 Å². The average molecular weight is 476 g/mol. The fourth-order valence-corrected chi connectivity index (χ4v) is 5.15. The standard InChI is InChI=1S/C22H25N3O7S/c1-3-31-20-6-4-5-16-13-21(32-22(16)20)15(2)23-18-8-7-17(14-19(18)25(26)27)33(28,29)24-9-11-30-12-10-24/h4-8,13-15,23H,3,9-12H2,1-2H3/t15-/m1/s1. The molecule has 176 valence electrons. The Bertz CT molecular complexity index is 1270. The van der Waals surface area contributed by atoms with Crippen molar-refractivity contribution >= 4 is 32.4 Å². The molecule has 0 spiro atoms. The highest BCUT2D eigenvalue weighted by Crippen LogP contribution is 2.35. The molecule has 0 unspecified atom stereocenters. The molecule has 0 aliphatic carbocycles. The van der Waals surface area contributed by atoms with Gasteiger partial charge in [0.25, 0.3) is 5.69 Å². The number of anilines is 1. The number of fused-ring (bicyclic) bond motifs is 1. The summed E-state index contributed by atoms with van der Waals surface area (Å²) in [6.07, 6.45) is 0. The first-order chi connectivity index (χ1) is 15.8. The molecule has 0 radical (unpaired) electrons. The van der Waals surface area contributed by atoms with Crippen LogP contribution in [-0.2, 0) is 14.8 Å². The molecule has 0 amide bonds. The quantitative estimate of drug-likeness (QED) is 0.384. The zero-order valence-corrected chi connectivity index (χ0v) is 19.1. The van der Waals surface area contributed by atoms with Crippen LogP contribution in [0.2, 0.25) is 0 Å². The molecule has 11 heteroatoms. The summed E-state index contributed by atoms with van der Waals surface area (Å²) < 4.78 is 43.9. The normalized spacial score (nSPS) is 15.9. The fourth-order valence-electron chi connectivity index (χ4n) is 3.72. The Morgan fingerprint density at radius 2 is 1.97 bits per heavy atom. The van der Waals surface area contributed by atoms with Crippen molar-refractivity contribution in [3.05, 3.63) is 58.3 Å². The van der Waals surface area contributed by atoms with Crippen LogP contribution >= 0.6 is 0 Å². The summed E-state index contributed by atoms with van der Waals surface area (Å²) in [5.41, 5.74) is 0.464. The summed E-state index contributed by atoms with van der Waals surface area (Å²) in [6, 6.07) is 10.9. The van der Waals surface area contributed by atoms with Crippen LogP contribution in [0, 0.1) is 10.1 Å². The van der Waals surface area contributed by atoms with Gasteiger partial charge < -0.3 is 19.2 Å². The monoisotopic (exact) mass is 475 g/mol. The molecular formula is C22H25N3O7S. The van der Waals surface area contributed by atoms with E-state index < -0.39 is 21.0 Å². The van der Waals surface area contributed by atoms with Crippen molar-refractivity contribution in [1.29, 1.82) is 0 Å². The van der Waals surface area contributed by atoms with Crippen LogP contribution < -0.4 is 10.1 Å². The van der Waals surface area contributed by atoms with Gasteiger partial charge in [-0.1, -0.05) is 12.1 Å². The molecule has 1 aromatic heterocycles. The second kappa shape index (κ2) is 9.38. The molecule has 33 heavy (non-hydrogen) atoms. The van der Waals surface area contributed by atoms with Gasteiger partial charge in [0.2, 0.25) is 10.0 Å². The number of ether oxygens (including phenoxy) is 2. The number of benzene rings is 2. The molecule has 1 aliphatic rings. The molecule has 3 aromatic rings. The first kappa shape index (κ1) is 23.0. The molecule has 1 atom stereocenters. The van der Waals surface area contributed by atoms with E-state index in [0.717, 1.165) is 11.5 Å². The Labute approximate surface area is 191 Å². The number of nitrogens with zero attached hydrogens (tertiary/aromatic N) is 2. The first-order valence-electron chi connectivity index (χ1n) is 10.6. The van der Waals surface area contributed by atoms with E-state index in [-0.39, 0.29) is 29.4 Å². The summed E-state index contributed by atoms with van der Waals surface area (Å²) in [5.74, 6) is 1.19. The van der Waals surface area contributed by atoms with Crippen LogP contribution in [0.4, 0.5) is 11.4 Å². The second-order valence-electron chi connectivity index (χ2n) is 7.57. The maximum absolute atomic E-state index is 12.9. The smallest absolute Gasteiger partial charge is 0.293 e. The molecule has 0 bridgehead atoms. The average Bonchev–Trinajstić information content (AvgIpc) is 3.25. The molecule has 1 N–H and O–H groups in total. The van der Waals surface area contributed by atoms with Crippen molar-refractivity contribution in [3.63, 3.8) is 0 Å². The zero-order chi connectivity index (χ0) is 23.6. The van der Waals surface area contributed by atoms with Crippen LogP contribution in [0.1, 0.15) is 25.6 Å². The molecule has 1 aliphatic heterocycles. The van der Waals surface area contributed by atoms with Crippen LogP contribution in [0.5, 0.6) is 5.75 Å². The predicted molar refractivity (Wildman–Crippen MR) is 122 cm³/mol. The van der Waals surface area contributed by atoms with E-state index in [9.17, 15) is 18.5 Å². The van der Waals surface area contributed by atoms with Crippen molar-refractivity contribution in [3.8, 4) is 5.75 Å². The highest BCUT2D eigenvalue weighted by molar-refractivity contribution is 7.89. The van der Waals surface area contributed by atoms with Gasteiger partial charge in [-0.05, 0) is 38.1 Å². The van der Waals surface area contributed by atoms with E-state index in [1.54, 1.807) is 6.92 Å². The summed E-state index contributed by atoms with van der Waals surface area (Å²) in [4.78, 5) is 11.0. The first-order valence-corrected chi connectivity index (χ1v) is 12.0. The van der Waals surface area contributed by atoms with Crippen LogP contribution in [0.25, 0.3) is 11.0 Å². The summed E-state index contributed by atoms with van der Waals surface area (Å²) >= 11 is 0. The summed E-state index contributed by atoms with van der Waals surface area (Å²) in [7, 11) is -3.85. The topological polar surface area (TPSA) is 124 Å². The lowest BCUT2D eigenvalue weighted by Gasteiger charge is -2.26. The van der Waals surface area contributed by atoms with E-state index in [2.05, 4.69) is 5.32 Å². The number of rotatable bonds is 8. The molecule has 2 heterocycles. The van der Waals surface area contributed by atoms with Crippen molar-refractivity contribution < 1.29 is 27.2 Å². The van der Waals surface area contributed by atoms with E-state index in [1.165, 1.54) is 16.4 Å². The Balaban J connectivity index is 1.62. The van der Waals surface area contributed by atoms with Crippen molar-refractivity contribution in [2.75, 3.05) is 38.2 Å². The minimum atomic E-state index is -3.85. The second-order valence-corrected chi connectivity index (χ2v) is 9.51. The fraction of sp³-hybridized carbons (Fsp3) is 0.364. The minimum Gasteiger partial charge on any atom is -0.490 e. The number of nitro groups is 1. The van der Waals surface area contributed by atoms with Gasteiger partial charge in [-0.3, -0.25) is 10.1 Å². The number of nitro benzene ring substituents is 1. The third-order valence-electron chi connectivity index (χ3n) is 5.40. The number of sulfonamides is 1. The molecule has 2 aromatic carbocycles. The number of hydrogen-bond donors (Lipinski definition) is 1. The summed E-state index contributed by atoms with van der Waals surface area (Å²) in [6.45, 7) is 5.19.